The van der Waals surface area contributed by atoms with Crippen LogP contribution in [-0.2, 0) is 6.54 Å². The lowest BCUT2D eigenvalue weighted by atomic mass is 10.2. The molecule has 1 N–H and O–H groups in total. The van der Waals surface area contributed by atoms with E-state index >= 15 is 0 Å². The lowest BCUT2D eigenvalue weighted by Gasteiger charge is -2.12. The first kappa shape index (κ1) is 14.3. The molecule has 100 valence electrons. The molecule has 0 aliphatic rings. The van der Waals surface area contributed by atoms with Crippen LogP contribution in [0.2, 0.25) is 5.02 Å². The fraction of sp³-hybridized carbons (Fsp3) is 0.143. The molecule has 0 radical (unpaired) electrons. The van der Waals surface area contributed by atoms with Gasteiger partial charge in [-0.2, -0.15) is 0 Å². The van der Waals surface area contributed by atoms with Crippen LogP contribution >= 0.6 is 27.5 Å². The topological polar surface area (TPSA) is 21.3 Å². The van der Waals surface area contributed by atoms with Gasteiger partial charge >= 0.3 is 0 Å². The Bertz CT molecular complexity index is 592. The Hall–Kier alpha value is -1.10. The summed E-state index contributed by atoms with van der Waals surface area (Å²) in [5, 5.41) is 3.12. The van der Waals surface area contributed by atoms with Crippen molar-refractivity contribution < 1.29 is 9.13 Å². The van der Waals surface area contributed by atoms with Gasteiger partial charge in [-0.25, -0.2) is 4.39 Å². The molecule has 2 nitrogen and oxygen atoms in total. The van der Waals surface area contributed by atoms with Crippen LogP contribution in [0.25, 0.3) is 0 Å². The highest BCUT2D eigenvalue weighted by Crippen LogP contribution is 2.30. The molecule has 2 aromatic rings. The average molecular weight is 345 g/mol. The van der Waals surface area contributed by atoms with E-state index in [1.807, 2.05) is 25.2 Å². The molecule has 0 fully saturated rings. The monoisotopic (exact) mass is 343 g/mol. The van der Waals surface area contributed by atoms with Crippen LogP contribution in [0.3, 0.4) is 0 Å². The fourth-order valence-corrected chi connectivity index (χ4v) is 2.22. The summed E-state index contributed by atoms with van der Waals surface area (Å²) < 4.78 is 19.8. The maximum atomic E-state index is 13.1. The van der Waals surface area contributed by atoms with Gasteiger partial charge in [-0.3, -0.25) is 0 Å². The highest BCUT2D eigenvalue weighted by Gasteiger charge is 2.07. The largest absolute Gasteiger partial charge is 0.457 e. The van der Waals surface area contributed by atoms with Crippen LogP contribution < -0.4 is 10.1 Å². The number of hydrogen-bond donors (Lipinski definition) is 1. The highest BCUT2D eigenvalue weighted by molar-refractivity contribution is 9.10. The molecular weight excluding hydrogens is 333 g/mol. The first-order chi connectivity index (χ1) is 9.10. The predicted octanol–water partition coefficient (Wildman–Crippen LogP) is 4.75. The first-order valence-corrected chi connectivity index (χ1v) is 6.83. The van der Waals surface area contributed by atoms with Crippen molar-refractivity contribution in [1.29, 1.82) is 0 Å². The van der Waals surface area contributed by atoms with Crippen molar-refractivity contribution >= 4 is 27.5 Å². The molecule has 0 atom stereocenters. The Kier molecular flexibility index (Phi) is 4.80. The molecule has 0 aliphatic carbocycles. The van der Waals surface area contributed by atoms with Crippen molar-refractivity contribution in [3.8, 4) is 11.5 Å². The van der Waals surface area contributed by atoms with E-state index in [2.05, 4.69) is 21.2 Å². The van der Waals surface area contributed by atoms with Gasteiger partial charge in [0.1, 0.15) is 17.3 Å². The molecule has 0 aromatic heterocycles. The normalized spacial score (nSPS) is 10.5. The molecule has 0 spiro atoms. The van der Waals surface area contributed by atoms with E-state index in [0.29, 0.717) is 18.0 Å². The highest BCUT2D eigenvalue weighted by atomic mass is 79.9. The summed E-state index contributed by atoms with van der Waals surface area (Å²) in [5.41, 5.74) is 0.998. The third kappa shape index (κ3) is 3.69. The predicted molar refractivity (Wildman–Crippen MR) is 78.4 cm³/mol. The Labute approximate surface area is 124 Å². The summed E-state index contributed by atoms with van der Waals surface area (Å²) >= 11 is 9.15. The first-order valence-electron chi connectivity index (χ1n) is 5.66. The zero-order valence-corrected chi connectivity index (χ0v) is 12.6. The zero-order valence-electron chi connectivity index (χ0n) is 10.2. The lowest BCUT2D eigenvalue weighted by molar-refractivity contribution is 0.472. The average Bonchev–Trinajstić information content (AvgIpc) is 2.37. The van der Waals surface area contributed by atoms with E-state index in [-0.39, 0.29) is 5.02 Å². The van der Waals surface area contributed by atoms with Crippen LogP contribution in [-0.4, -0.2) is 7.05 Å². The van der Waals surface area contributed by atoms with Crippen molar-refractivity contribution in [3.63, 3.8) is 0 Å². The van der Waals surface area contributed by atoms with Gasteiger partial charge in [0.2, 0.25) is 0 Å². The van der Waals surface area contributed by atoms with Crippen LogP contribution in [0.15, 0.2) is 40.9 Å². The van der Waals surface area contributed by atoms with E-state index in [1.54, 1.807) is 6.07 Å². The second kappa shape index (κ2) is 6.37. The van der Waals surface area contributed by atoms with Crippen molar-refractivity contribution in [2.75, 3.05) is 7.05 Å². The number of rotatable bonds is 4. The summed E-state index contributed by atoms with van der Waals surface area (Å²) in [6, 6.07) is 10.0. The molecule has 0 saturated heterocycles. The molecule has 0 bridgehead atoms. The Morgan fingerprint density at radius 2 is 2.05 bits per heavy atom. The molecule has 0 unspecified atom stereocenters. The van der Waals surface area contributed by atoms with Crippen LogP contribution in [0.1, 0.15) is 5.56 Å². The summed E-state index contributed by atoms with van der Waals surface area (Å²) in [4.78, 5) is 0. The van der Waals surface area contributed by atoms with Gasteiger partial charge in [-0.05, 0) is 37.4 Å². The molecule has 2 rings (SSSR count). The number of ether oxygens (including phenoxy) is 1. The molecule has 0 heterocycles. The maximum Gasteiger partial charge on any atom is 0.142 e. The zero-order chi connectivity index (χ0) is 13.8. The minimum absolute atomic E-state index is 0.0461. The molecule has 2 aromatic carbocycles. The molecule has 0 aliphatic heterocycles. The summed E-state index contributed by atoms with van der Waals surface area (Å²) in [5.74, 6) is 0.756. The minimum Gasteiger partial charge on any atom is -0.457 e. The van der Waals surface area contributed by atoms with Crippen LogP contribution in [0.4, 0.5) is 4.39 Å². The molecule has 0 amide bonds. The third-order valence-electron chi connectivity index (χ3n) is 2.51. The molecule has 0 saturated carbocycles. The van der Waals surface area contributed by atoms with Gasteiger partial charge in [-0.15, -0.1) is 0 Å². The maximum absolute atomic E-state index is 13.1. The smallest absolute Gasteiger partial charge is 0.142 e. The van der Waals surface area contributed by atoms with Gasteiger partial charge in [0.05, 0.1) is 5.02 Å². The fourth-order valence-electron chi connectivity index (χ4n) is 1.64. The van der Waals surface area contributed by atoms with Gasteiger partial charge < -0.3 is 10.1 Å². The minimum atomic E-state index is -0.458. The Morgan fingerprint density at radius 3 is 2.74 bits per heavy atom. The van der Waals surface area contributed by atoms with Crippen LogP contribution in [0.5, 0.6) is 11.5 Å². The third-order valence-corrected chi connectivity index (χ3v) is 3.29. The standard InChI is InChI=1S/C14H12BrClFNO/c1-18-8-9-6-10(15)2-5-14(9)19-11-3-4-13(17)12(16)7-11/h2-7,18H,8H2,1H3. The van der Waals surface area contributed by atoms with Gasteiger partial charge in [0, 0.05) is 22.6 Å². The summed E-state index contributed by atoms with van der Waals surface area (Å²) in [6.45, 7) is 0.670. The van der Waals surface area contributed by atoms with Crippen molar-refractivity contribution in [2.45, 2.75) is 6.54 Å². The second-order valence-corrected chi connectivity index (χ2v) is 5.28. The number of hydrogen-bond acceptors (Lipinski definition) is 2. The SMILES string of the molecule is CNCc1cc(Br)ccc1Oc1ccc(F)c(Cl)c1. The Balaban J connectivity index is 2.29. The van der Waals surface area contributed by atoms with Crippen molar-refractivity contribution in [1.82, 2.24) is 5.32 Å². The Morgan fingerprint density at radius 1 is 1.26 bits per heavy atom. The molecule has 19 heavy (non-hydrogen) atoms. The lowest BCUT2D eigenvalue weighted by Crippen LogP contribution is -2.06. The van der Waals surface area contributed by atoms with Gasteiger partial charge in [0.15, 0.2) is 0 Å². The summed E-state index contributed by atoms with van der Waals surface area (Å²) in [6.07, 6.45) is 0. The second-order valence-electron chi connectivity index (χ2n) is 3.96. The number of nitrogens with one attached hydrogen (secondary N) is 1. The van der Waals surface area contributed by atoms with Crippen molar-refractivity contribution in [3.05, 3.63) is 57.3 Å². The van der Waals surface area contributed by atoms with E-state index < -0.39 is 5.82 Å². The van der Waals surface area contributed by atoms with E-state index in [0.717, 1.165) is 10.0 Å². The van der Waals surface area contributed by atoms with Gasteiger partial charge in [0.25, 0.3) is 0 Å². The quantitative estimate of drug-likeness (QED) is 0.864. The number of halogens is 3. The number of benzene rings is 2. The van der Waals surface area contributed by atoms with E-state index in [1.165, 1.54) is 12.1 Å². The summed E-state index contributed by atoms with van der Waals surface area (Å²) in [7, 11) is 1.86. The molecule has 5 heteroatoms. The van der Waals surface area contributed by atoms with E-state index in [9.17, 15) is 4.39 Å². The molecular formula is C14H12BrClFNO. The van der Waals surface area contributed by atoms with Crippen molar-refractivity contribution in [2.24, 2.45) is 0 Å². The van der Waals surface area contributed by atoms with E-state index in [4.69, 9.17) is 16.3 Å². The van der Waals surface area contributed by atoms with Gasteiger partial charge in [-0.1, -0.05) is 27.5 Å². The van der Waals surface area contributed by atoms with Crippen LogP contribution in [0, 0.1) is 5.82 Å².